The molecule has 2 aliphatic rings. The number of oxazole rings is 1. The number of piperidine rings is 1. The second kappa shape index (κ2) is 7.58. The van der Waals surface area contributed by atoms with Crippen LogP contribution < -0.4 is 0 Å². The molecule has 25 heavy (non-hydrogen) atoms. The highest BCUT2D eigenvalue weighted by Crippen LogP contribution is 2.31. The molecule has 138 valence electrons. The molecule has 0 atom stereocenters. The lowest BCUT2D eigenvalue weighted by molar-refractivity contribution is -0.137. The van der Waals surface area contributed by atoms with Crippen LogP contribution in [0.5, 0.6) is 0 Å². The molecule has 0 spiro atoms. The summed E-state index contributed by atoms with van der Waals surface area (Å²) in [5.74, 6) is 1.86. The minimum atomic E-state index is -0.127. The maximum atomic E-state index is 12.7. The van der Waals surface area contributed by atoms with Crippen molar-refractivity contribution in [3.8, 4) is 0 Å². The Hall–Kier alpha value is -1.85. The van der Waals surface area contributed by atoms with Gasteiger partial charge in [0.05, 0.1) is 0 Å². The van der Waals surface area contributed by atoms with Crippen LogP contribution >= 0.6 is 0 Å². The molecule has 0 bridgehead atoms. The van der Waals surface area contributed by atoms with E-state index in [0.29, 0.717) is 23.3 Å². The largest absolute Gasteiger partial charge is 0.445 e. The van der Waals surface area contributed by atoms with Crippen molar-refractivity contribution in [2.45, 2.75) is 57.8 Å². The molecule has 2 amide bonds. The number of rotatable bonds is 3. The average molecular weight is 347 g/mol. The van der Waals surface area contributed by atoms with Gasteiger partial charge in [0.2, 0.25) is 5.91 Å². The van der Waals surface area contributed by atoms with Gasteiger partial charge < -0.3 is 14.2 Å². The summed E-state index contributed by atoms with van der Waals surface area (Å²) in [6.07, 6.45) is 7.45. The summed E-state index contributed by atoms with van der Waals surface area (Å²) < 4.78 is 5.78. The van der Waals surface area contributed by atoms with Crippen LogP contribution in [0.4, 0.5) is 0 Å². The number of hydrogen-bond donors (Lipinski definition) is 0. The van der Waals surface area contributed by atoms with E-state index < -0.39 is 0 Å². The number of carbonyl (C=O) groups is 2. The van der Waals surface area contributed by atoms with Gasteiger partial charge in [0.1, 0.15) is 5.76 Å². The highest BCUT2D eigenvalue weighted by molar-refractivity contribution is 5.92. The van der Waals surface area contributed by atoms with Gasteiger partial charge in [-0.1, -0.05) is 19.3 Å². The molecular formula is C19H29N3O3. The zero-order valence-electron chi connectivity index (χ0n) is 15.6. The van der Waals surface area contributed by atoms with Gasteiger partial charge in [-0.3, -0.25) is 9.59 Å². The first-order valence-corrected chi connectivity index (χ1v) is 9.45. The molecule has 6 heteroatoms. The monoisotopic (exact) mass is 347 g/mol. The van der Waals surface area contributed by atoms with Crippen LogP contribution in [0.25, 0.3) is 0 Å². The molecule has 0 unspecified atom stereocenters. The lowest BCUT2D eigenvalue weighted by Crippen LogP contribution is -2.41. The van der Waals surface area contributed by atoms with E-state index in [4.69, 9.17) is 4.42 Å². The Labute approximate surface area is 149 Å². The average Bonchev–Trinajstić information content (AvgIpc) is 3.03. The van der Waals surface area contributed by atoms with Crippen molar-refractivity contribution in [2.24, 2.45) is 5.92 Å². The SMILES string of the molecule is Cc1oc(C2CCN(C(=O)C3CCCCC3)CC2)nc1C(=O)N(C)C. The van der Waals surface area contributed by atoms with Gasteiger partial charge in [-0.25, -0.2) is 4.98 Å². The lowest BCUT2D eigenvalue weighted by Gasteiger charge is -2.34. The van der Waals surface area contributed by atoms with Gasteiger partial charge >= 0.3 is 0 Å². The molecule has 1 aliphatic heterocycles. The van der Waals surface area contributed by atoms with Crippen molar-refractivity contribution in [2.75, 3.05) is 27.2 Å². The van der Waals surface area contributed by atoms with E-state index in [1.54, 1.807) is 21.0 Å². The maximum absolute atomic E-state index is 12.7. The smallest absolute Gasteiger partial charge is 0.275 e. The lowest BCUT2D eigenvalue weighted by atomic mass is 9.87. The van der Waals surface area contributed by atoms with Crippen molar-refractivity contribution < 1.29 is 14.0 Å². The van der Waals surface area contributed by atoms with Crippen LogP contribution in [0, 0.1) is 12.8 Å². The van der Waals surface area contributed by atoms with Crippen molar-refractivity contribution in [1.29, 1.82) is 0 Å². The Morgan fingerprint density at radius 1 is 1.08 bits per heavy atom. The van der Waals surface area contributed by atoms with Crippen molar-refractivity contribution in [3.63, 3.8) is 0 Å². The van der Waals surface area contributed by atoms with E-state index in [2.05, 4.69) is 4.98 Å². The quantitative estimate of drug-likeness (QED) is 0.843. The Morgan fingerprint density at radius 3 is 2.32 bits per heavy atom. The summed E-state index contributed by atoms with van der Waals surface area (Å²) in [7, 11) is 3.43. The molecule has 1 aromatic rings. The minimum absolute atomic E-state index is 0.127. The summed E-state index contributed by atoms with van der Waals surface area (Å²) in [5.41, 5.74) is 0.403. The molecule has 0 N–H and O–H groups in total. The van der Waals surface area contributed by atoms with Crippen LogP contribution in [0.3, 0.4) is 0 Å². The topological polar surface area (TPSA) is 66.7 Å². The third kappa shape index (κ3) is 3.88. The number of aryl methyl sites for hydroxylation is 1. The predicted octanol–water partition coefficient (Wildman–Crippen LogP) is 2.97. The maximum Gasteiger partial charge on any atom is 0.275 e. The molecule has 3 rings (SSSR count). The molecule has 1 aromatic heterocycles. The molecule has 0 radical (unpaired) electrons. The summed E-state index contributed by atoms with van der Waals surface area (Å²) >= 11 is 0. The van der Waals surface area contributed by atoms with E-state index in [0.717, 1.165) is 38.8 Å². The Balaban J connectivity index is 1.60. The van der Waals surface area contributed by atoms with Gasteiger partial charge in [-0.15, -0.1) is 0 Å². The van der Waals surface area contributed by atoms with Gasteiger partial charge in [-0.05, 0) is 32.6 Å². The molecule has 1 aliphatic carbocycles. The fraction of sp³-hybridized carbons (Fsp3) is 0.737. The van der Waals surface area contributed by atoms with Gasteiger partial charge in [0.15, 0.2) is 11.6 Å². The first kappa shape index (κ1) is 18.0. The Kier molecular flexibility index (Phi) is 5.45. The van der Waals surface area contributed by atoms with Crippen LogP contribution in [-0.2, 0) is 4.79 Å². The van der Waals surface area contributed by atoms with Crippen molar-refractivity contribution in [1.82, 2.24) is 14.8 Å². The second-order valence-corrected chi connectivity index (χ2v) is 7.59. The van der Waals surface area contributed by atoms with Gasteiger partial charge in [0, 0.05) is 39.0 Å². The fourth-order valence-corrected chi connectivity index (χ4v) is 3.96. The van der Waals surface area contributed by atoms with Crippen LogP contribution in [0.2, 0.25) is 0 Å². The molecule has 1 saturated heterocycles. The predicted molar refractivity (Wildman–Crippen MR) is 94.4 cm³/mol. The number of carbonyl (C=O) groups excluding carboxylic acids is 2. The minimum Gasteiger partial charge on any atom is -0.445 e. The van der Waals surface area contributed by atoms with E-state index in [1.807, 2.05) is 4.90 Å². The number of aromatic nitrogens is 1. The molecule has 1 saturated carbocycles. The van der Waals surface area contributed by atoms with E-state index >= 15 is 0 Å². The summed E-state index contributed by atoms with van der Waals surface area (Å²) in [5, 5.41) is 0. The zero-order chi connectivity index (χ0) is 18.0. The Morgan fingerprint density at radius 2 is 1.72 bits per heavy atom. The Bertz CT molecular complexity index is 624. The van der Waals surface area contributed by atoms with Crippen molar-refractivity contribution >= 4 is 11.8 Å². The molecule has 6 nitrogen and oxygen atoms in total. The summed E-state index contributed by atoms with van der Waals surface area (Å²) in [6.45, 7) is 3.31. The van der Waals surface area contributed by atoms with Crippen LogP contribution in [0.15, 0.2) is 4.42 Å². The van der Waals surface area contributed by atoms with Crippen molar-refractivity contribution in [3.05, 3.63) is 17.3 Å². The fourth-order valence-electron chi connectivity index (χ4n) is 3.96. The van der Waals surface area contributed by atoms with E-state index in [1.165, 1.54) is 24.2 Å². The van der Waals surface area contributed by atoms with Crippen LogP contribution in [-0.4, -0.2) is 53.8 Å². The normalized spacial score (nSPS) is 19.9. The zero-order valence-corrected chi connectivity index (χ0v) is 15.6. The van der Waals surface area contributed by atoms with E-state index in [-0.39, 0.29) is 17.7 Å². The number of likely N-dealkylation sites (tertiary alicyclic amines) is 1. The van der Waals surface area contributed by atoms with Gasteiger partial charge in [0.25, 0.3) is 5.91 Å². The number of hydrogen-bond acceptors (Lipinski definition) is 4. The van der Waals surface area contributed by atoms with E-state index in [9.17, 15) is 9.59 Å². The first-order chi connectivity index (χ1) is 12.0. The highest BCUT2D eigenvalue weighted by atomic mass is 16.4. The molecule has 0 aromatic carbocycles. The standard InChI is InChI=1S/C19H29N3O3/c1-13-16(19(24)21(2)3)20-17(25-13)14-9-11-22(12-10-14)18(23)15-7-5-4-6-8-15/h14-15H,4-12H2,1-3H3. The van der Waals surface area contributed by atoms with Crippen LogP contribution in [0.1, 0.15) is 73.0 Å². The third-order valence-electron chi connectivity index (χ3n) is 5.53. The van der Waals surface area contributed by atoms with Gasteiger partial charge in [-0.2, -0.15) is 0 Å². The molecule has 2 fully saturated rings. The number of amides is 2. The molecular weight excluding hydrogens is 318 g/mol. The summed E-state index contributed by atoms with van der Waals surface area (Å²) in [4.78, 5) is 32.8. The molecule has 2 heterocycles. The highest BCUT2D eigenvalue weighted by Gasteiger charge is 2.32. The first-order valence-electron chi connectivity index (χ1n) is 9.45. The third-order valence-corrected chi connectivity index (χ3v) is 5.53. The number of nitrogens with zero attached hydrogens (tertiary/aromatic N) is 3. The second-order valence-electron chi connectivity index (χ2n) is 7.59. The summed E-state index contributed by atoms with van der Waals surface area (Å²) in [6, 6.07) is 0.